The Labute approximate surface area is 180 Å². The standard InChI is InChI=1S/C19H21BrN6O2S/c1-25-5-2-3-11(25)4-6-26-9-22-17(21)16-18(26)24-19(23-16)29-15-8-14-13(7-12(15)20)27-10-28-14/h7-9,11,21H,2-6,10H2,1H3,(H,23,24). The molecule has 8 nitrogen and oxygen atoms in total. The molecule has 1 aromatic carbocycles. The smallest absolute Gasteiger partial charge is 0.231 e. The van der Waals surface area contributed by atoms with Gasteiger partial charge >= 0.3 is 0 Å². The number of nitrogens with zero attached hydrogens (tertiary/aromatic N) is 4. The predicted molar refractivity (Wildman–Crippen MR) is 112 cm³/mol. The zero-order valence-electron chi connectivity index (χ0n) is 15.9. The van der Waals surface area contributed by atoms with E-state index in [2.05, 4.69) is 42.4 Å². The number of rotatable bonds is 5. The van der Waals surface area contributed by atoms with Crippen molar-refractivity contribution in [2.45, 2.75) is 41.9 Å². The second-order valence-electron chi connectivity index (χ2n) is 7.33. The molecular weight excluding hydrogens is 456 g/mol. The maximum atomic E-state index is 8.17. The van der Waals surface area contributed by atoms with Crippen molar-refractivity contribution in [3.8, 4) is 11.5 Å². The van der Waals surface area contributed by atoms with Gasteiger partial charge in [0.1, 0.15) is 5.52 Å². The van der Waals surface area contributed by atoms with Gasteiger partial charge in [-0.3, -0.25) is 5.41 Å². The van der Waals surface area contributed by atoms with Crippen molar-refractivity contribution in [1.29, 1.82) is 5.41 Å². The van der Waals surface area contributed by atoms with Gasteiger partial charge in [0.2, 0.25) is 6.79 Å². The SMILES string of the molecule is CN1CCCC1CCn1cnc(=N)c2[nH]c(Sc3cc4c(cc3Br)OCO4)nc21. The molecule has 152 valence electrons. The van der Waals surface area contributed by atoms with E-state index in [-0.39, 0.29) is 12.3 Å². The zero-order chi connectivity index (χ0) is 20.0. The van der Waals surface area contributed by atoms with Gasteiger partial charge in [-0.25, -0.2) is 9.97 Å². The van der Waals surface area contributed by atoms with Crippen molar-refractivity contribution in [3.63, 3.8) is 0 Å². The molecule has 1 saturated heterocycles. The first kappa shape index (κ1) is 19.0. The van der Waals surface area contributed by atoms with Gasteiger partial charge in [-0.1, -0.05) is 11.8 Å². The predicted octanol–water partition coefficient (Wildman–Crippen LogP) is 3.37. The van der Waals surface area contributed by atoms with E-state index in [4.69, 9.17) is 19.9 Å². The van der Waals surface area contributed by atoms with E-state index in [9.17, 15) is 0 Å². The highest BCUT2D eigenvalue weighted by atomic mass is 79.9. The zero-order valence-corrected chi connectivity index (χ0v) is 18.3. The Bertz CT molecular complexity index is 1130. The van der Waals surface area contributed by atoms with Crippen LogP contribution in [-0.2, 0) is 6.54 Å². The first-order valence-electron chi connectivity index (χ1n) is 9.55. The lowest BCUT2D eigenvalue weighted by atomic mass is 10.1. The van der Waals surface area contributed by atoms with E-state index in [0.29, 0.717) is 16.7 Å². The Kier molecular flexibility index (Phi) is 5.00. The summed E-state index contributed by atoms with van der Waals surface area (Å²) in [4.78, 5) is 15.7. The average molecular weight is 477 g/mol. The van der Waals surface area contributed by atoms with Gasteiger partial charge in [-0.15, -0.1) is 0 Å². The third-order valence-electron chi connectivity index (χ3n) is 5.51. The molecule has 0 aliphatic carbocycles. The van der Waals surface area contributed by atoms with E-state index in [1.807, 2.05) is 12.1 Å². The number of imidazole rings is 1. The molecule has 0 saturated carbocycles. The molecule has 2 N–H and O–H groups in total. The number of nitrogens with one attached hydrogen (secondary N) is 2. The van der Waals surface area contributed by atoms with Crippen molar-refractivity contribution in [2.75, 3.05) is 20.4 Å². The highest BCUT2D eigenvalue weighted by Crippen LogP contribution is 2.42. The molecule has 1 unspecified atom stereocenters. The van der Waals surface area contributed by atoms with Crippen LogP contribution in [0.5, 0.6) is 11.5 Å². The highest BCUT2D eigenvalue weighted by Gasteiger charge is 2.21. The van der Waals surface area contributed by atoms with Crippen LogP contribution in [0.1, 0.15) is 19.3 Å². The molecule has 5 rings (SSSR count). The molecule has 0 radical (unpaired) electrons. The number of benzene rings is 1. The summed E-state index contributed by atoms with van der Waals surface area (Å²) in [7, 11) is 2.19. The third kappa shape index (κ3) is 3.64. The van der Waals surface area contributed by atoms with E-state index in [0.717, 1.165) is 39.5 Å². The average Bonchev–Trinajstić information content (AvgIpc) is 3.42. The fourth-order valence-corrected chi connectivity index (χ4v) is 5.27. The number of aryl methyl sites for hydroxylation is 1. The summed E-state index contributed by atoms with van der Waals surface area (Å²) in [5.74, 6) is 1.46. The molecule has 4 heterocycles. The van der Waals surface area contributed by atoms with Gasteiger partial charge in [0.25, 0.3) is 0 Å². The van der Waals surface area contributed by atoms with Crippen LogP contribution in [0, 0.1) is 5.41 Å². The Morgan fingerprint density at radius 1 is 1.34 bits per heavy atom. The lowest BCUT2D eigenvalue weighted by Gasteiger charge is -2.19. The van der Waals surface area contributed by atoms with Crippen LogP contribution in [0.25, 0.3) is 11.2 Å². The first-order chi connectivity index (χ1) is 14.1. The minimum absolute atomic E-state index is 0.207. The molecule has 2 aliphatic rings. The maximum absolute atomic E-state index is 8.17. The van der Waals surface area contributed by atoms with Crippen LogP contribution in [0.2, 0.25) is 0 Å². The topological polar surface area (TPSA) is 92.1 Å². The van der Waals surface area contributed by atoms with Crippen LogP contribution < -0.4 is 15.0 Å². The number of H-pyrrole nitrogens is 1. The summed E-state index contributed by atoms with van der Waals surface area (Å²) in [6.07, 6.45) is 5.28. The summed E-state index contributed by atoms with van der Waals surface area (Å²) in [5, 5.41) is 8.88. The molecule has 1 fully saturated rings. The molecule has 0 bridgehead atoms. The van der Waals surface area contributed by atoms with Gasteiger partial charge in [-0.05, 0) is 60.9 Å². The van der Waals surface area contributed by atoms with Gasteiger partial charge in [-0.2, -0.15) is 0 Å². The molecule has 0 amide bonds. The lowest BCUT2D eigenvalue weighted by molar-refractivity contribution is 0.174. The van der Waals surface area contributed by atoms with Gasteiger partial charge < -0.3 is 23.9 Å². The van der Waals surface area contributed by atoms with E-state index in [1.165, 1.54) is 31.1 Å². The van der Waals surface area contributed by atoms with Crippen molar-refractivity contribution < 1.29 is 9.47 Å². The number of hydrogen-bond acceptors (Lipinski definition) is 7. The molecule has 29 heavy (non-hydrogen) atoms. The maximum Gasteiger partial charge on any atom is 0.231 e. The number of aromatic nitrogens is 4. The Morgan fingerprint density at radius 2 is 2.17 bits per heavy atom. The Hall–Kier alpha value is -2.04. The molecular formula is C19H21BrN6O2S. The van der Waals surface area contributed by atoms with E-state index < -0.39 is 0 Å². The fourth-order valence-electron chi connectivity index (χ4n) is 3.89. The highest BCUT2D eigenvalue weighted by molar-refractivity contribution is 9.10. The quantitative estimate of drug-likeness (QED) is 0.586. The van der Waals surface area contributed by atoms with E-state index in [1.54, 1.807) is 6.33 Å². The second kappa shape index (κ2) is 7.66. The monoisotopic (exact) mass is 476 g/mol. The summed E-state index contributed by atoms with van der Waals surface area (Å²) in [6, 6.07) is 4.45. The molecule has 2 aromatic heterocycles. The Balaban J connectivity index is 1.42. The van der Waals surface area contributed by atoms with Crippen LogP contribution in [0.15, 0.2) is 33.0 Å². The number of ether oxygens (including phenoxy) is 2. The first-order valence-corrected chi connectivity index (χ1v) is 11.2. The lowest BCUT2D eigenvalue weighted by Crippen LogP contribution is -2.26. The summed E-state index contributed by atoms with van der Waals surface area (Å²) < 4.78 is 13.9. The molecule has 3 aromatic rings. The minimum atomic E-state index is 0.207. The number of hydrogen-bond donors (Lipinski definition) is 2. The number of likely N-dealkylation sites (tertiary alicyclic amines) is 1. The normalized spacial score (nSPS) is 18.8. The van der Waals surface area contributed by atoms with Crippen molar-refractivity contribution in [1.82, 2.24) is 24.4 Å². The van der Waals surface area contributed by atoms with Crippen LogP contribution in [0.4, 0.5) is 0 Å². The Morgan fingerprint density at radius 3 is 2.97 bits per heavy atom. The summed E-state index contributed by atoms with van der Waals surface area (Å²) >= 11 is 5.08. The number of aromatic amines is 1. The van der Waals surface area contributed by atoms with Crippen LogP contribution in [-0.4, -0.2) is 50.8 Å². The second-order valence-corrected chi connectivity index (χ2v) is 9.22. The number of fused-ring (bicyclic) bond motifs is 2. The minimum Gasteiger partial charge on any atom is -0.454 e. The van der Waals surface area contributed by atoms with Crippen LogP contribution in [0.3, 0.4) is 0 Å². The van der Waals surface area contributed by atoms with E-state index >= 15 is 0 Å². The van der Waals surface area contributed by atoms with Crippen molar-refractivity contribution in [2.24, 2.45) is 0 Å². The summed E-state index contributed by atoms with van der Waals surface area (Å²) in [6.45, 7) is 2.24. The van der Waals surface area contributed by atoms with Gasteiger partial charge in [0.05, 0.1) is 6.33 Å². The molecule has 10 heteroatoms. The molecule has 0 spiro atoms. The van der Waals surface area contributed by atoms with Crippen molar-refractivity contribution >= 4 is 38.9 Å². The van der Waals surface area contributed by atoms with Crippen LogP contribution >= 0.6 is 27.7 Å². The van der Waals surface area contributed by atoms with Crippen molar-refractivity contribution in [3.05, 3.63) is 28.4 Å². The third-order valence-corrected chi connectivity index (χ3v) is 7.37. The van der Waals surface area contributed by atoms with Gasteiger partial charge in [0, 0.05) is 22.0 Å². The largest absolute Gasteiger partial charge is 0.454 e. The van der Waals surface area contributed by atoms with Gasteiger partial charge in [0.15, 0.2) is 27.8 Å². The molecule has 1 atom stereocenters. The number of halogens is 1. The fraction of sp³-hybridized carbons (Fsp3) is 0.421. The summed E-state index contributed by atoms with van der Waals surface area (Å²) in [5.41, 5.74) is 1.63. The molecule has 2 aliphatic heterocycles.